The molecule has 0 aliphatic carbocycles. The van der Waals surface area contributed by atoms with Crippen LogP contribution in [0.4, 0.5) is 0 Å². The number of aromatic amines is 1. The number of fused-ring (bicyclic) bond motifs is 3. The van der Waals surface area contributed by atoms with Crippen LogP contribution in [0.2, 0.25) is 0 Å². The maximum atomic E-state index is 12.5. The molecule has 2 aromatic carbocycles. The lowest BCUT2D eigenvalue weighted by atomic mass is 9.86. The first kappa shape index (κ1) is 13.6. The van der Waals surface area contributed by atoms with E-state index in [-0.39, 0.29) is 29.6 Å². The second-order valence-electron chi connectivity index (χ2n) is 5.56. The maximum absolute atomic E-state index is 12.5. The second-order valence-corrected chi connectivity index (χ2v) is 5.56. The second kappa shape index (κ2) is 4.98. The third-order valence-corrected chi connectivity index (χ3v) is 4.14. The summed E-state index contributed by atoms with van der Waals surface area (Å²) in [5, 5.41) is 10.1. The minimum Gasteiger partial charge on any atom is -0.508 e. The van der Waals surface area contributed by atoms with Crippen LogP contribution in [0.3, 0.4) is 0 Å². The van der Waals surface area contributed by atoms with Crippen LogP contribution in [-0.2, 0) is 4.79 Å². The Kier molecular flexibility index (Phi) is 2.94. The Morgan fingerprint density at radius 1 is 1.04 bits per heavy atom. The minimum atomic E-state index is -0.389. The monoisotopic (exact) mass is 307 g/mol. The van der Waals surface area contributed by atoms with Crippen LogP contribution in [0.5, 0.6) is 11.5 Å². The van der Waals surface area contributed by atoms with Gasteiger partial charge in [-0.15, -0.1) is 0 Å². The number of esters is 1. The maximum Gasteiger partial charge on any atom is 0.312 e. The summed E-state index contributed by atoms with van der Waals surface area (Å²) in [6.45, 7) is 0. The van der Waals surface area contributed by atoms with E-state index in [0.717, 1.165) is 5.56 Å². The highest BCUT2D eigenvalue weighted by Gasteiger charge is 2.32. The van der Waals surface area contributed by atoms with Gasteiger partial charge in [-0.05, 0) is 29.8 Å². The van der Waals surface area contributed by atoms with Gasteiger partial charge in [0.05, 0.1) is 17.5 Å². The largest absolute Gasteiger partial charge is 0.508 e. The molecule has 114 valence electrons. The number of hydrogen-bond donors (Lipinski definition) is 2. The normalized spacial score (nSPS) is 16.9. The molecule has 0 amide bonds. The molecule has 0 radical (unpaired) electrons. The van der Waals surface area contributed by atoms with E-state index in [0.29, 0.717) is 22.2 Å². The number of para-hydroxylation sites is 1. The number of benzene rings is 2. The fourth-order valence-corrected chi connectivity index (χ4v) is 3.07. The molecule has 2 N–H and O–H groups in total. The fourth-order valence-electron chi connectivity index (χ4n) is 3.07. The first-order chi connectivity index (χ1) is 11.1. The molecule has 4 rings (SSSR count). The molecule has 3 aromatic rings. The number of nitrogens with one attached hydrogen (secondary N) is 1. The van der Waals surface area contributed by atoms with Gasteiger partial charge in [-0.2, -0.15) is 0 Å². The van der Waals surface area contributed by atoms with E-state index in [2.05, 4.69) is 4.98 Å². The Bertz CT molecular complexity index is 972. The molecule has 23 heavy (non-hydrogen) atoms. The van der Waals surface area contributed by atoms with Crippen LogP contribution in [0.25, 0.3) is 10.9 Å². The van der Waals surface area contributed by atoms with Gasteiger partial charge in [-0.3, -0.25) is 9.59 Å². The topological polar surface area (TPSA) is 79.4 Å². The molecule has 0 bridgehead atoms. The predicted octanol–water partition coefficient (Wildman–Crippen LogP) is 2.67. The zero-order chi connectivity index (χ0) is 16.0. The molecule has 5 nitrogen and oxygen atoms in total. The van der Waals surface area contributed by atoms with Crippen LogP contribution < -0.4 is 10.3 Å². The van der Waals surface area contributed by atoms with Crippen molar-refractivity contribution in [2.24, 2.45) is 0 Å². The van der Waals surface area contributed by atoms with Crippen molar-refractivity contribution >= 4 is 16.9 Å². The van der Waals surface area contributed by atoms with Gasteiger partial charge in [0.1, 0.15) is 11.5 Å². The molecule has 1 aliphatic heterocycles. The van der Waals surface area contributed by atoms with Crippen molar-refractivity contribution in [1.29, 1.82) is 0 Å². The minimum absolute atomic E-state index is 0.0964. The lowest BCUT2D eigenvalue weighted by molar-refractivity contribution is -0.135. The van der Waals surface area contributed by atoms with Crippen LogP contribution in [-0.4, -0.2) is 16.1 Å². The average Bonchev–Trinajstić information content (AvgIpc) is 2.55. The van der Waals surface area contributed by atoms with E-state index in [9.17, 15) is 14.7 Å². The molecule has 1 atom stereocenters. The molecule has 5 heteroatoms. The van der Waals surface area contributed by atoms with Gasteiger partial charge in [-0.25, -0.2) is 0 Å². The van der Waals surface area contributed by atoms with Gasteiger partial charge in [-0.1, -0.05) is 24.3 Å². The van der Waals surface area contributed by atoms with Crippen molar-refractivity contribution in [3.63, 3.8) is 0 Å². The molecule has 1 aromatic heterocycles. The van der Waals surface area contributed by atoms with E-state index in [1.54, 1.807) is 30.3 Å². The molecule has 2 heterocycles. The van der Waals surface area contributed by atoms with E-state index < -0.39 is 0 Å². The van der Waals surface area contributed by atoms with Crippen molar-refractivity contribution in [3.05, 3.63) is 70.0 Å². The number of carbonyl (C=O) groups is 1. The van der Waals surface area contributed by atoms with Crippen molar-refractivity contribution < 1.29 is 14.6 Å². The molecule has 0 fully saturated rings. The zero-order valence-corrected chi connectivity index (χ0v) is 12.1. The summed E-state index contributed by atoms with van der Waals surface area (Å²) in [6, 6.07) is 13.8. The molecule has 0 saturated carbocycles. The Morgan fingerprint density at radius 3 is 2.57 bits per heavy atom. The average molecular weight is 307 g/mol. The number of ether oxygens (including phenoxy) is 1. The summed E-state index contributed by atoms with van der Waals surface area (Å²) in [6.07, 6.45) is 0.0964. The van der Waals surface area contributed by atoms with Crippen molar-refractivity contribution in [3.8, 4) is 11.5 Å². The molecular weight excluding hydrogens is 294 g/mol. The quantitative estimate of drug-likeness (QED) is 0.677. The zero-order valence-electron chi connectivity index (χ0n) is 12.1. The van der Waals surface area contributed by atoms with E-state index in [1.165, 1.54) is 0 Å². The summed E-state index contributed by atoms with van der Waals surface area (Å²) in [7, 11) is 0. The van der Waals surface area contributed by atoms with E-state index >= 15 is 0 Å². The SMILES string of the molecule is O=C1CC(c2ccc(O)cc2)c2c(c3ccccc3[nH]c2=O)O1. The van der Waals surface area contributed by atoms with Gasteiger partial charge in [0.15, 0.2) is 0 Å². The third-order valence-electron chi connectivity index (χ3n) is 4.14. The van der Waals surface area contributed by atoms with Crippen molar-refractivity contribution in [2.75, 3.05) is 0 Å². The summed E-state index contributed by atoms with van der Waals surface area (Å²) in [5.74, 6) is -0.287. The lowest BCUT2D eigenvalue weighted by Gasteiger charge is -2.25. The Balaban J connectivity index is 2.00. The van der Waals surface area contributed by atoms with Gasteiger partial charge < -0.3 is 14.8 Å². The highest BCUT2D eigenvalue weighted by molar-refractivity contribution is 5.91. The first-order valence-corrected chi connectivity index (χ1v) is 7.28. The van der Waals surface area contributed by atoms with Gasteiger partial charge in [0.2, 0.25) is 0 Å². The highest BCUT2D eigenvalue weighted by atomic mass is 16.5. The number of aromatic hydroxyl groups is 1. The van der Waals surface area contributed by atoms with Gasteiger partial charge >= 0.3 is 5.97 Å². The van der Waals surface area contributed by atoms with E-state index in [4.69, 9.17) is 4.74 Å². The third kappa shape index (κ3) is 2.17. The van der Waals surface area contributed by atoms with Crippen LogP contribution in [0.1, 0.15) is 23.5 Å². The molecule has 1 aliphatic rings. The standard InChI is InChI=1S/C18H13NO4/c20-11-7-5-10(6-8-11)13-9-15(21)23-17-12-3-1-2-4-14(12)19-18(22)16(13)17/h1-8,13,20H,9H2,(H,19,22). The molecule has 0 saturated heterocycles. The van der Waals surface area contributed by atoms with Crippen molar-refractivity contribution in [2.45, 2.75) is 12.3 Å². The van der Waals surface area contributed by atoms with Crippen LogP contribution >= 0.6 is 0 Å². The Hall–Kier alpha value is -3.08. The number of H-pyrrole nitrogens is 1. The Labute approximate surface area is 131 Å². The van der Waals surface area contributed by atoms with Crippen LogP contribution in [0, 0.1) is 0 Å². The summed E-state index contributed by atoms with van der Waals surface area (Å²) < 4.78 is 5.39. The Morgan fingerprint density at radius 2 is 1.78 bits per heavy atom. The number of carbonyl (C=O) groups excluding carboxylic acids is 1. The highest BCUT2D eigenvalue weighted by Crippen LogP contribution is 2.40. The summed E-state index contributed by atoms with van der Waals surface area (Å²) in [4.78, 5) is 27.4. The lowest BCUT2D eigenvalue weighted by Crippen LogP contribution is -2.28. The van der Waals surface area contributed by atoms with Crippen molar-refractivity contribution in [1.82, 2.24) is 4.98 Å². The molecular formula is C18H13NO4. The number of hydrogen-bond acceptors (Lipinski definition) is 4. The first-order valence-electron chi connectivity index (χ1n) is 7.28. The number of rotatable bonds is 1. The number of phenolic OH excluding ortho intramolecular Hbond substituents is 1. The number of aromatic nitrogens is 1. The van der Waals surface area contributed by atoms with E-state index in [1.807, 2.05) is 18.2 Å². The van der Waals surface area contributed by atoms with Gasteiger partial charge in [0, 0.05) is 11.3 Å². The fraction of sp³-hybridized carbons (Fsp3) is 0.111. The molecule has 0 spiro atoms. The van der Waals surface area contributed by atoms with Crippen LogP contribution in [0.15, 0.2) is 53.3 Å². The smallest absolute Gasteiger partial charge is 0.312 e. The number of pyridine rings is 1. The summed E-state index contributed by atoms with van der Waals surface area (Å²) >= 11 is 0. The predicted molar refractivity (Wildman–Crippen MR) is 84.8 cm³/mol. The number of phenols is 1. The van der Waals surface area contributed by atoms with Gasteiger partial charge in [0.25, 0.3) is 5.56 Å². The molecule has 1 unspecified atom stereocenters. The summed E-state index contributed by atoms with van der Waals surface area (Å²) in [5.41, 5.74) is 1.62.